The molecule has 8 heteroatoms. The minimum absolute atomic E-state index is 0.128. The van der Waals surface area contributed by atoms with Crippen LogP contribution in [0.1, 0.15) is 54.2 Å². The molecule has 3 rings (SSSR count). The molecule has 0 aromatic carbocycles. The summed E-state index contributed by atoms with van der Waals surface area (Å²) in [6, 6.07) is 2.17. The predicted octanol–water partition coefficient (Wildman–Crippen LogP) is 1.70. The van der Waals surface area contributed by atoms with Gasteiger partial charge in [-0.05, 0) is 39.2 Å². The Kier molecular flexibility index (Phi) is 5.93. The van der Waals surface area contributed by atoms with E-state index in [0.717, 1.165) is 50.4 Å². The van der Waals surface area contributed by atoms with Crippen LogP contribution in [-0.4, -0.2) is 55.7 Å². The average molecular weight is 372 g/mol. The summed E-state index contributed by atoms with van der Waals surface area (Å²) in [4.78, 5) is 30.5. The number of carbonyl (C=O) groups excluding carboxylic acids is 2. The molecule has 0 aliphatic carbocycles. The maximum absolute atomic E-state index is 12.6. The van der Waals surface area contributed by atoms with E-state index < -0.39 is 0 Å². The molecule has 3 heterocycles. The molecule has 8 nitrogen and oxygen atoms in total. The van der Waals surface area contributed by atoms with E-state index in [4.69, 9.17) is 0 Å². The van der Waals surface area contributed by atoms with Crippen molar-refractivity contribution in [3.8, 4) is 0 Å². The smallest absolute Gasteiger partial charge is 0.271 e. The normalized spacial score (nSPS) is 15.1. The van der Waals surface area contributed by atoms with Crippen molar-refractivity contribution in [2.24, 2.45) is 0 Å². The van der Waals surface area contributed by atoms with Gasteiger partial charge in [-0.25, -0.2) is 4.98 Å². The zero-order chi connectivity index (χ0) is 19.4. The Hall–Kier alpha value is -2.64. The number of hydrogen-bond acceptors (Lipinski definition) is 4. The Morgan fingerprint density at radius 1 is 1.26 bits per heavy atom. The summed E-state index contributed by atoms with van der Waals surface area (Å²) in [5.74, 6) is 0.856. The fraction of sp³-hybridized carbons (Fsp3) is 0.579. The van der Waals surface area contributed by atoms with Gasteiger partial charge in [-0.1, -0.05) is 0 Å². The van der Waals surface area contributed by atoms with E-state index in [0.29, 0.717) is 12.2 Å². The van der Waals surface area contributed by atoms with Crippen LogP contribution >= 0.6 is 0 Å². The second-order valence-electron chi connectivity index (χ2n) is 7.08. The molecule has 1 aliphatic rings. The number of nitrogens with one attached hydrogen (secondary N) is 1. The van der Waals surface area contributed by atoms with Gasteiger partial charge in [0.2, 0.25) is 5.91 Å². The number of nitrogens with zero attached hydrogens (tertiary/aromatic N) is 5. The monoisotopic (exact) mass is 372 g/mol. The SMILES string of the molecule is CC(=O)N1CCC(n2c(C)nc(C(=O)NCCCn3cccn3)c2C)CC1. The lowest BCUT2D eigenvalue weighted by atomic mass is 10.0. The Balaban J connectivity index is 1.58. The number of hydrogen-bond donors (Lipinski definition) is 1. The summed E-state index contributed by atoms with van der Waals surface area (Å²) in [5, 5.41) is 7.11. The van der Waals surface area contributed by atoms with Crippen LogP contribution in [0.5, 0.6) is 0 Å². The van der Waals surface area contributed by atoms with E-state index in [9.17, 15) is 9.59 Å². The highest BCUT2D eigenvalue weighted by Gasteiger charge is 2.26. The maximum Gasteiger partial charge on any atom is 0.271 e. The lowest BCUT2D eigenvalue weighted by Crippen LogP contribution is -2.38. The standard InChI is InChI=1S/C19H28N6O2/c1-14-18(19(27)20-8-4-10-24-11-5-9-21-24)22-15(2)25(14)17-6-12-23(13-7-17)16(3)26/h5,9,11,17H,4,6-8,10,12-13H2,1-3H3,(H,20,27). The Morgan fingerprint density at radius 3 is 2.63 bits per heavy atom. The number of piperidine rings is 1. The highest BCUT2D eigenvalue weighted by atomic mass is 16.2. The first kappa shape index (κ1) is 19.1. The van der Waals surface area contributed by atoms with E-state index in [1.165, 1.54) is 0 Å². The molecule has 0 saturated carbocycles. The minimum Gasteiger partial charge on any atom is -0.351 e. The molecule has 2 aromatic heterocycles. The van der Waals surface area contributed by atoms with Gasteiger partial charge in [0.05, 0.1) is 0 Å². The van der Waals surface area contributed by atoms with Gasteiger partial charge in [0.1, 0.15) is 11.5 Å². The van der Waals surface area contributed by atoms with Crippen molar-refractivity contribution in [1.29, 1.82) is 0 Å². The molecule has 1 aliphatic heterocycles. The van der Waals surface area contributed by atoms with Crippen molar-refractivity contribution in [2.45, 2.75) is 52.6 Å². The maximum atomic E-state index is 12.6. The largest absolute Gasteiger partial charge is 0.351 e. The Labute approximate surface area is 159 Å². The van der Waals surface area contributed by atoms with Crippen LogP contribution in [0.25, 0.3) is 0 Å². The Morgan fingerprint density at radius 2 is 2.00 bits per heavy atom. The molecule has 27 heavy (non-hydrogen) atoms. The van der Waals surface area contributed by atoms with Crippen molar-refractivity contribution in [2.75, 3.05) is 19.6 Å². The lowest BCUT2D eigenvalue weighted by Gasteiger charge is -2.33. The average Bonchev–Trinajstić information content (AvgIpc) is 3.26. The molecule has 0 bridgehead atoms. The van der Waals surface area contributed by atoms with Gasteiger partial charge in [0.15, 0.2) is 0 Å². The highest BCUT2D eigenvalue weighted by Crippen LogP contribution is 2.27. The van der Waals surface area contributed by atoms with Crippen molar-refractivity contribution in [3.05, 3.63) is 35.7 Å². The molecule has 1 fully saturated rings. The first-order valence-corrected chi connectivity index (χ1v) is 9.54. The molecule has 0 unspecified atom stereocenters. The van der Waals surface area contributed by atoms with Gasteiger partial charge in [-0.15, -0.1) is 0 Å². The molecule has 0 spiro atoms. The van der Waals surface area contributed by atoms with Crippen LogP contribution in [0.3, 0.4) is 0 Å². The second-order valence-corrected chi connectivity index (χ2v) is 7.08. The molecule has 1 N–H and O–H groups in total. The number of carbonyl (C=O) groups is 2. The first-order valence-electron chi connectivity index (χ1n) is 9.54. The number of likely N-dealkylation sites (tertiary alicyclic amines) is 1. The Bertz CT molecular complexity index is 787. The highest BCUT2D eigenvalue weighted by molar-refractivity contribution is 5.93. The van der Waals surface area contributed by atoms with Crippen LogP contribution in [0.4, 0.5) is 0 Å². The van der Waals surface area contributed by atoms with Crippen molar-refractivity contribution in [3.63, 3.8) is 0 Å². The fourth-order valence-corrected chi connectivity index (χ4v) is 3.80. The second kappa shape index (κ2) is 8.37. The van der Waals surface area contributed by atoms with E-state index in [2.05, 4.69) is 20.0 Å². The first-order chi connectivity index (χ1) is 13.0. The van der Waals surface area contributed by atoms with Crippen molar-refractivity contribution in [1.82, 2.24) is 29.5 Å². The number of aromatic nitrogens is 4. The quantitative estimate of drug-likeness (QED) is 0.782. The molecule has 2 aromatic rings. The lowest BCUT2D eigenvalue weighted by molar-refractivity contribution is -0.130. The zero-order valence-corrected chi connectivity index (χ0v) is 16.3. The van der Waals surface area contributed by atoms with E-state index in [1.807, 2.05) is 35.7 Å². The summed E-state index contributed by atoms with van der Waals surface area (Å²) >= 11 is 0. The number of rotatable bonds is 6. The predicted molar refractivity (Wildman–Crippen MR) is 101 cm³/mol. The van der Waals surface area contributed by atoms with Gasteiger partial charge >= 0.3 is 0 Å². The summed E-state index contributed by atoms with van der Waals surface area (Å²) in [7, 11) is 0. The van der Waals surface area contributed by atoms with Gasteiger partial charge < -0.3 is 14.8 Å². The number of aryl methyl sites for hydroxylation is 2. The molecule has 0 radical (unpaired) electrons. The van der Waals surface area contributed by atoms with Gasteiger partial charge in [0.25, 0.3) is 5.91 Å². The number of amides is 2. The molecule has 1 saturated heterocycles. The third kappa shape index (κ3) is 4.37. The van der Waals surface area contributed by atoms with E-state index in [1.54, 1.807) is 13.1 Å². The minimum atomic E-state index is -0.129. The zero-order valence-electron chi connectivity index (χ0n) is 16.3. The van der Waals surface area contributed by atoms with Crippen LogP contribution < -0.4 is 5.32 Å². The van der Waals surface area contributed by atoms with Crippen molar-refractivity contribution >= 4 is 11.8 Å². The molecular formula is C19H28N6O2. The summed E-state index contributed by atoms with van der Waals surface area (Å²) in [6.07, 6.45) is 6.26. The van der Waals surface area contributed by atoms with Crippen LogP contribution in [-0.2, 0) is 11.3 Å². The molecule has 2 amide bonds. The third-order valence-corrected chi connectivity index (χ3v) is 5.23. The van der Waals surface area contributed by atoms with Crippen LogP contribution in [0.15, 0.2) is 18.5 Å². The summed E-state index contributed by atoms with van der Waals surface area (Å²) in [6.45, 7) is 8.38. The summed E-state index contributed by atoms with van der Waals surface area (Å²) < 4.78 is 4.01. The number of imidazole rings is 1. The van der Waals surface area contributed by atoms with Gasteiger partial charge in [-0.2, -0.15) is 5.10 Å². The topological polar surface area (TPSA) is 85.0 Å². The van der Waals surface area contributed by atoms with E-state index >= 15 is 0 Å². The molecular weight excluding hydrogens is 344 g/mol. The van der Waals surface area contributed by atoms with Crippen LogP contribution in [0, 0.1) is 13.8 Å². The van der Waals surface area contributed by atoms with Gasteiger partial charge in [-0.3, -0.25) is 14.3 Å². The van der Waals surface area contributed by atoms with Gasteiger partial charge in [0, 0.05) is 57.2 Å². The van der Waals surface area contributed by atoms with Crippen molar-refractivity contribution < 1.29 is 9.59 Å². The summed E-state index contributed by atoms with van der Waals surface area (Å²) in [5.41, 5.74) is 1.40. The van der Waals surface area contributed by atoms with E-state index in [-0.39, 0.29) is 17.9 Å². The third-order valence-electron chi connectivity index (χ3n) is 5.23. The fourth-order valence-electron chi connectivity index (χ4n) is 3.80. The van der Waals surface area contributed by atoms with Crippen LogP contribution in [0.2, 0.25) is 0 Å². The molecule has 0 atom stereocenters. The molecule has 146 valence electrons.